The first-order chi connectivity index (χ1) is 19.7. The molecule has 0 bridgehead atoms. The fourth-order valence-corrected chi connectivity index (χ4v) is 7.71. The largest absolute Gasteiger partial charge is 0.369 e. The Balaban J connectivity index is 1.24. The van der Waals surface area contributed by atoms with Gasteiger partial charge < -0.3 is 10.2 Å². The van der Waals surface area contributed by atoms with Crippen LogP contribution >= 0.6 is 0 Å². The quantitative estimate of drug-likeness (QED) is 0.478. The molecule has 9 nitrogen and oxygen atoms in total. The van der Waals surface area contributed by atoms with E-state index in [9.17, 15) is 22.9 Å². The molecule has 2 aromatic heterocycles. The van der Waals surface area contributed by atoms with E-state index in [2.05, 4.69) is 21.3 Å². The van der Waals surface area contributed by atoms with E-state index in [1.165, 1.54) is 6.07 Å². The van der Waals surface area contributed by atoms with Crippen LogP contribution in [-0.2, 0) is 14.6 Å². The van der Waals surface area contributed by atoms with E-state index in [1.807, 2.05) is 30.5 Å². The second-order valence-electron chi connectivity index (χ2n) is 12.0. The van der Waals surface area contributed by atoms with Crippen LogP contribution in [0.1, 0.15) is 43.7 Å². The van der Waals surface area contributed by atoms with Crippen molar-refractivity contribution >= 4 is 21.4 Å². The van der Waals surface area contributed by atoms with Gasteiger partial charge in [-0.15, -0.1) is 0 Å². The number of fused-ring (bicyclic) bond motifs is 1. The number of anilines is 1. The highest BCUT2D eigenvalue weighted by Crippen LogP contribution is 2.57. The maximum absolute atomic E-state index is 13.6. The number of nitrogens with zero attached hydrogens (tertiary/aromatic N) is 5. The van der Waals surface area contributed by atoms with Crippen molar-refractivity contribution in [3.8, 4) is 23.0 Å². The lowest BCUT2D eigenvalue weighted by Gasteiger charge is -2.31. The van der Waals surface area contributed by atoms with Crippen LogP contribution < -0.4 is 10.2 Å². The minimum Gasteiger partial charge on any atom is -0.369 e. The Kier molecular flexibility index (Phi) is 6.15. The SMILES string of the molecule is N#CC1(NC(=O)[C@@H]2C[C@H]3C[C@H]3C[C@H]2c2nn(-c3ccc(F)cn3)cc2-c2ccc(N3CCS(=O)(=O)CC3)cc2)CC1. The average Bonchev–Trinajstić information content (AvgIpc) is 3.88. The van der Waals surface area contributed by atoms with Gasteiger partial charge in [-0.2, -0.15) is 10.4 Å². The summed E-state index contributed by atoms with van der Waals surface area (Å²) in [5.41, 5.74) is 2.84. The molecule has 11 heteroatoms. The van der Waals surface area contributed by atoms with Crippen LogP contribution in [0.5, 0.6) is 0 Å². The molecule has 1 saturated heterocycles. The van der Waals surface area contributed by atoms with E-state index < -0.39 is 21.2 Å². The third-order valence-electron chi connectivity index (χ3n) is 9.26. The van der Waals surface area contributed by atoms with E-state index in [1.54, 1.807) is 10.7 Å². The summed E-state index contributed by atoms with van der Waals surface area (Å²) in [7, 11) is -2.97. The van der Waals surface area contributed by atoms with E-state index in [0.29, 0.717) is 43.6 Å². The van der Waals surface area contributed by atoms with Gasteiger partial charge in [-0.3, -0.25) is 4.79 Å². The fraction of sp³-hybridized carbons (Fsp3) is 0.467. The number of nitriles is 1. The Hall–Kier alpha value is -3.78. The van der Waals surface area contributed by atoms with Crippen molar-refractivity contribution in [1.82, 2.24) is 20.1 Å². The summed E-state index contributed by atoms with van der Waals surface area (Å²) in [5, 5.41) is 17.6. The molecule has 3 heterocycles. The van der Waals surface area contributed by atoms with Gasteiger partial charge in [0, 0.05) is 42.4 Å². The van der Waals surface area contributed by atoms with Crippen LogP contribution in [0, 0.1) is 34.9 Å². The molecule has 3 aromatic rings. The second-order valence-corrected chi connectivity index (χ2v) is 14.3. The van der Waals surface area contributed by atoms with Gasteiger partial charge in [0.1, 0.15) is 11.4 Å². The average molecular weight is 575 g/mol. The summed E-state index contributed by atoms with van der Waals surface area (Å²) in [6.45, 7) is 0.930. The topological polar surface area (TPSA) is 121 Å². The maximum atomic E-state index is 13.6. The summed E-state index contributed by atoms with van der Waals surface area (Å²) in [5.74, 6) is 0.957. The van der Waals surface area contributed by atoms with Crippen LogP contribution in [0.15, 0.2) is 48.8 Å². The zero-order valence-electron chi connectivity index (χ0n) is 22.5. The Morgan fingerprint density at radius 3 is 2.44 bits per heavy atom. The molecule has 0 spiro atoms. The minimum absolute atomic E-state index is 0.0739. The van der Waals surface area contributed by atoms with E-state index in [4.69, 9.17) is 5.10 Å². The molecule has 1 amide bonds. The molecule has 0 unspecified atom stereocenters. The van der Waals surface area contributed by atoms with Crippen LogP contribution in [0.2, 0.25) is 0 Å². The number of rotatable bonds is 6. The Morgan fingerprint density at radius 2 is 1.78 bits per heavy atom. The van der Waals surface area contributed by atoms with Crippen molar-refractivity contribution in [1.29, 1.82) is 5.26 Å². The highest BCUT2D eigenvalue weighted by Gasteiger charge is 2.52. The van der Waals surface area contributed by atoms with Crippen molar-refractivity contribution in [3.05, 3.63) is 60.3 Å². The monoisotopic (exact) mass is 574 g/mol. The molecule has 212 valence electrons. The summed E-state index contributed by atoms with van der Waals surface area (Å²) in [6, 6.07) is 13.2. The maximum Gasteiger partial charge on any atom is 0.225 e. The van der Waals surface area contributed by atoms with Gasteiger partial charge in [0.2, 0.25) is 5.91 Å². The third-order valence-corrected chi connectivity index (χ3v) is 10.9. The predicted octanol–water partition coefficient (Wildman–Crippen LogP) is 3.61. The number of sulfone groups is 1. The molecule has 41 heavy (non-hydrogen) atoms. The first kappa shape index (κ1) is 26.1. The molecular weight excluding hydrogens is 543 g/mol. The Bertz CT molecular complexity index is 1630. The number of hydrogen-bond donors (Lipinski definition) is 1. The van der Waals surface area contributed by atoms with Crippen LogP contribution in [0.25, 0.3) is 16.9 Å². The molecule has 7 rings (SSSR count). The zero-order chi connectivity index (χ0) is 28.4. The Labute approximate surface area is 238 Å². The van der Waals surface area contributed by atoms with Crippen molar-refractivity contribution in [2.75, 3.05) is 29.5 Å². The molecule has 1 aromatic carbocycles. The molecule has 4 atom stereocenters. The third kappa shape index (κ3) is 5.10. The van der Waals surface area contributed by atoms with E-state index >= 15 is 0 Å². The summed E-state index contributed by atoms with van der Waals surface area (Å²) >= 11 is 0. The molecule has 4 aliphatic rings. The van der Waals surface area contributed by atoms with Gasteiger partial charge in [0.05, 0.1) is 29.5 Å². The Morgan fingerprint density at radius 1 is 1.05 bits per heavy atom. The van der Waals surface area contributed by atoms with Crippen LogP contribution in [0.3, 0.4) is 0 Å². The van der Waals surface area contributed by atoms with Gasteiger partial charge in [0.15, 0.2) is 15.7 Å². The molecule has 4 fully saturated rings. The lowest BCUT2D eigenvalue weighted by atomic mass is 9.75. The lowest BCUT2D eigenvalue weighted by molar-refractivity contribution is -0.127. The normalized spacial score (nSPS) is 27.4. The van der Waals surface area contributed by atoms with Gasteiger partial charge in [-0.25, -0.2) is 22.5 Å². The number of benzene rings is 1. The molecule has 1 N–H and O–H groups in total. The van der Waals surface area contributed by atoms with Crippen LogP contribution in [-0.4, -0.2) is 59.2 Å². The smallest absolute Gasteiger partial charge is 0.225 e. The number of nitrogens with one attached hydrogen (secondary N) is 1. The number of aromatic nitrogens is 3. The second kappa shape index (κ2) is 9.65. The summed E-state index contributed by atoms with van der Waals surface area (Å²) < 4.78 is 39.1. The number of carbonyl (C=O) groups excluding carboxylic acids is 1. The summed E-state index contributed by atoms with van der Waals surface area (Å²) in [6.07, 6.45) is 7.16. The predicted molar refractivity (Wildman–Crippen MR) is 150 cm³/mol. The molecular formula is C30H31FN6O3S. The van der Waals surface area contributed by atoms with Crippen molar-refractivity contribution in [3.63, 3.8) is 0 Å². The van der Waals surface area contributed by atoms with Crippen LogP contribution in [0.4, 0.5) is 10.1 Å². The number of carbonyl (C=O) groups is 1. The van der Waals surface area contributed by atoms with Gasteiger partial charge in [-0.05, 0) is 73.8 Å². The summed E-state index contributed by atoms with van der Waals surface area (Å²) in [4.78, 5) is 19.9. The first-order valence-electron chi connectivity index (χ1n) is 14.2. The lowest BCUT2D eigenvalue weighted by Crippen LogP contribution is -2.43. The van der Waals surface area contributed by atoms with Gasteiger partial charge in [0.25, 0.3) is 0 Å². The molecule has 1 aliphatic heterocycles. The standard InChI is InChI=1S/C30H31FN6O3S/c31-22-3-6-27(33-16-22)37-17-26(19-1-4-23(5-2-19)36-9-11-41(39,40)12-10-36)28(35-37)24-14-20-13-21(20)15-25(24)29(38)34-30(18-32)7-8-30/h1-6,16-17,20-21,24-25H,7-15H2,(H,34,38)/t20-,21+,24+,25+/m0/s1. The van der Waals surface area contributed by atoms with E-state index in [0.717, 1.165) is 48.0 Å². The zero-order valence-corrected chi connectivity index (χ0v) is 23.4. The molecule has 0 radical (unpaired) electrons. The fourth-order valence-electron chi connectivity index (χ4n) is 6.51. The number of amides is 1. The van der Waals surface area contributed by atoms with Crippen molar-refractivity contribution in [2.45, 2.75) is 43.6 Å². The first-order valence-corrected chi connectivity index (χ1v) is 16.1. The van der Waals surface area contributed by atoms with E-state index in [-0.39, 0.29) is 29.2 Å². The number of pyridine rings is 1. The molecule has 3 saturated carbocycles. The highest BCUT2D eigenvalue weighted by molar-refractivity contribution is 7.91. The molecule has 3 aliphatic carbocycles. The van der Waals surface area contributed by atoms with Crippen molar-refractivity contribution < 1.29 is 17.6 Å². The number of halogens is 1. The number of hydrogen-bond acceptors (Lipinski definition) is 7. The van der Waals surface area contributed by atoms with Crippen molar-refractivity contribution in [2.24, 2.45) is 17.8 Å². The van der Waals surface area contributed by atoms with Gasteiger partial charge >= 0.3 is 0 Å². The van der Waals surface area contributed by atoms with Gasteiger partial charge in [-0.1, -0.05) is 12.1 Å². The highest BCUT2D eigenvalue weighted by atomic mass is 32.2. The minimum atomic E-state index is -2.97.